The lowest BCUT2D eigenvalue weighted by Crippen LogP contribution is -2.29. The second kappa shape index (κ2) is 5.56. The van der Waals surface area contributed by atoms with Crippen molar-refractivity contribution < 1.29 is 0 Å². The molecular weight excluding hydrogens is 192 g/mol. The number of hydrogen-bond acceptors (Lipinski definition) is 0. The fourth-order valence-corrected chi connectivity index (χ4v) is 4.14. The van der Waals surface area contributed by atoms with Crippen LogP contribution < -0.4 is 0 Å². The van der Waals surface area contributed by atoms with Gasteiger partial charge in [0.2, 0.25) is 0 Å². The van der Waals surface area contributed by atoms with Gasteiger partial charge in [-0.3, -0.25) is 0 Å². The van der Waals surface area contributed by atoms with Gasteiger partial charge in [-0.05, 0) is 48.9 Å². The molecule has 0 aliphatic heterocycles. The molecule has 0 spiro atoms. The molecule has 1 radical (unpaired) electrons. The van der Waals surface area contributed by atoms with Gasteiger partial charge in [-0.25, -0.2) is 0 Å². The van der Waals surface area contributed by atoms with E-state index in [9.17, 15) is 0 Å². The van der Waals surface area contributed by atoms with E-state index < -0.39 is 0 Å². The highest BCUT2D eigenvalue weighted by molar-refractivity contribution is 5.02. The summed E-state index contributed by atoms with van der Waals surface area (Å²) in [6.07, 6.45) is 11.8. The van der Waals surface area contributed by atoms with Crippen molar-refractivity contribution in [2.75, 3.05) is 0 Å². The summed E-state index contributed by atoms with van der Waals surface area (Å²) < 4.78 is 0. The molecule has 2 aliphatic carbocycles. The molecule has 2 fully saturated rings. The van der Waals surface area contributed by atoms with Crippen LogP contribution in [0.15, 0.2) is 0 Å². The van der Waals surface area contributed by atoms with E-state index >= 15 is 0 Å². The molecule has 0 amide bonds. The topological polar surface area (TPSA) is 0 Å². The Morgan fingerprint density at radius 2 is 1.62 bits per heavy atom. The first-order valence-electron chi connectivity index (χ1n) is 7.51. The minimum atomic E-state index is 0.962. The summed E-state index contributed by atoms with van der Waals surface area (Å²) in [5.74, 6) is 5.75. The molecule has 0 saturated heterocycles. The maximum atomic E-state index is 2.49. The fourth-order valence-electron chi connectivity index (χ4n) is 4.14. The van der Waals surface area contributed by atoms with E-state index in [1.165, 1.54) is 51.4 Å². The SMILES string of the molecule is C[C](C1CCCC(C)C1)C1CCCCC1C. The van der Waals surface area contributed by atoms with Crippen LogP contribution in [0.25, 0.3) is 0 Å². The van der Waals surface area contributed by atoms with Crippen molar-refractivity contribution in [3.8, 4) is 0 Å². The standard InChI is InChI=1S/C16H29/c1-12-7-6-9-15(11-12)14(3)16-10-5-4-8-13(16)2/h12-13,15-16H,4-11H2,1-3H3. The molecular formula is C16H29. The minimum absolute atomic E-state index is 0.962. The molecule has 0 nitrogen and oxygen atoms in total. The van der Waals surface area contributed by atoms with E-state index in [0.717, 1.165) is 23.7 Å². The third-order valence-corrected chi connectivity index (χ3v) is 5.28. The highest BCUT2D eigenvalue weighted by Crippen LogP contribution is 2.44. The van der Waals surface area contributed by atoms with Crippen LogP contribution in [0.2, 0.25) is 0 Å². The predicted octanol–water partition coefficient (Wildman–Crippen LogP) is 5.23. The molecule has 0 aromatic rings. The van der Waals surface area contributed by atoms with Crippen LogP contribution in [0.4, 0.5) is 0 Å². The summed E-state index contributed by atoms with van der Waals surface area (Å²) in [7, 11) is 0. The second-order valence-corrected chi connectivity index (χ2v) is 6.58. The Morgan fingerprint density at radius 1 is 0.875 bits per heavy atom. The first kappa shape index (κ1) is 12.5. The van der Waals surface area contributed by atoms with Gasteiger partial charge >= 0.3 is 0 Å². The molecule has 2 rings (SSSR count). The Kier molecular flexibility index (Phi) is 4.33. The highest BCUT2D eigenvalue weighted by Gasteiger charge is 2.33. The van der Waals surface area contributed by atoms with E-state index in [4.69, 9.17) is 0 Å². The zero-order valence-corrected chi connectivity index (χ0v) is 11.5. The van der Waals surface area contributed by atoms with Crippen molar-refractivity contribution >= 4 is 0 Å². The quantitative estimate of drug-likeness (QED) is 0.598. The first-order chi connectivity index (χ1) is 7.68. The highest BCUT2D eigenvalue weighted by atomic mass is 14.4. The van der Waals surface area contributed by atoms with Gasteiger partial charge in [0.15, 0.2) is 0 Å². The van der Waals surface area contributed by atoms with Crippen LogP contribution >= 0.6 is 0 Å². The third kappa shape index (κ3) is 2.81. The minimum Gasteiger partial charge on any atom is -0.0625 e. The molecule has 4 atom stereocenters. The van der Waals surface area contributed by atoms with Crippen LogP contribution in [0.5, 0.6) is 0 Å². The second-order valence-electron chi connectivity index (χ2n) is 6.58. The van der Waals surface area contributed by atoms with Crippen molar-refractivity contribution in [2.45, 2.75) is 72.1 Å². The smallest absolute Gasteiger partial charge is 0.0207 e. The van der Waals surface area contributed by atoms with Gasteiger partial charge < -0.3 is 0 Å². The predicted molar refractivity (Wildman–Crippen MR) is 71.2 cm³/mol. The average Bonchev–Trinajstić information content (AvgIpc) is 2.29. The molecule has 0 heterocycles. The van der Waals surface area contributed by atoms with Gasteiger partial charge in [0, 0.05) is 0 Å². The normalized spacial score (nSPS) is 41.2. The van der Waals surface area contributed by atoms with Gasteiger partial charge in [0.05, 0.1) is 0 Å². The van der Waals surface area contributed by atoms with Crippen LogP contribution in [0, 0.1) is 29.6 Å². The molecule has 2 aliphatic rings. The Labute approximate surface area is 102 Å². The Morgan fingerprint density at radius 3 is 2.31 bits per heavy atom. The summed E-state index contributed by atoms with van der Waals surface area (Å²) in [4.78, 5) is 0. The van der Waals surface area contributed by atoms with Crippen molar-refractivity contribution in [2.24, 2.45) is 23.7 Å². The lowest BCUT2D eigenvalue weighted by atomic mass is 9.65. The summed E-state index contributed by atoms with van der Waals surface area (Å²) in [6, 6.07) is 0. The van der Waals surface area contributed by atoms with Crippen LogP contribution in [0.1, 0.15) is 72.1 Å². The lowest BCUT2D eigenvalue weighted by Gasteiger charge is -2.40. The van der Waals surface area contributed by atoms with E-state index in [2.05, 4.69) is 20.8 Å². The molecule has 0 N–H and O–H groups in total. The van der Waals surface area contributed by atoms with Gasteiger partial charge in [0.25, 0.3) is 0 Å². The Bertz CT molecular complexity index is 208. The van der Waals surface area contributed by atoms with Crippen LogP contribution in [-0.2, 0) is 0 Å². The van der Waals surface area contributed by atoms with Gasteiger partial charge in [-0.15, -0.1) is 0 Å². The van der Waals surface area contributed by atoms with Crippen molar-refractivity contribution in [3.05, 3.63) is 5.92 Å². The summed E-state index contributed by atoms with van der Waals surface area (Å²) in [6.45, 7) is 7.42. The van der Waals surface area contributed by atoms with Gasteiger partial charge in [-0.2, -0.15) is 0 Å². The summed E-state index contributed by atoms with van der Waals surface area (Å²) in [5.41, 5.74) is 0. The molecule has 0 heteroatoms. The Hall–Kier alpha value is 0. The fraction of sp³-hybridized carbons (Fsp3) is 0.938. The van der Waals surface area contributed by atoms with E-state index in [-0.39, 0.29) is 0 Å². The number of hydrogen-bond donors (Lipinski definition) is 0. The molecule has 0 bridgehead atoms. The van der Waals surface area contributed by atoms with Crippen LogP contribution in [0.3, 0.4) is 0 Å². The van der Waals surface area contributed by atoms with Crippen molar-refractivity contribution in [1.29, 1.82) is 0 Å². The molecule has 93 valence electrons. The molecule has 2 saturated carbocycles. The van der Waals surface area contributed by atoms with E-state index in [1.807, 2.05) is 5.92 Å². The third-order valence-electron chi connectivity index (χ3n) is 5.28. The van der Waals surface area contributed by atoms with Gasteiger partial charge in [-0.1, -0.05) is 52.9 Å². The van der Waals surface area contributed by atoms with Crippen molar-refractivity contribution in [3.63, 3.8) is 0 Å². The lowest BCUT2D eigenvalue weighted by molar-refractivity contribution is 0.202. The average molecular weight is 221 g/mol. The summed E-state index contributed by atoms with van der Waals surface area (Å²) >= 11 is 0. The molecule has 0 aromatic heterocycles. The maximum Gasteiger partial charge on any atom is -0.0207 e. The molecule has 4 unspecified atom stereocenters. The van der Waals surface area contributed by atoms with Crippen molar-refractivity contribution in [1.82, 2.24) is 0 Å². The number of rotatable bonds is 2. The summed E-state index contributed by atoms with van der Waals surface area (Å²) in [5, 5.41) is 0. The molecule has 16 heavy (non-hydrogen) atoms. The monoisotopic (exact) mass is 221 g/mol. The zero-order valence-electron chi connectivity index (χ0n) is 11.5. The largest absolute Gasteiger partial charge is 0.0625 e. The van der Waals surface area contributed by atoms with E-state index in [0.29, 0.717) is 0 Å². The van der Waals surface area contributed by atoms with E-state index in [1.54, 1.807) is 0 Å². The van der Waals surface area contributed by atoms with Crippen LogP contribution in [-0.4, -0.2) is 0 Å². The maximum absolute atomic E-state index is 2.49. The Balaban J connectivity index is 1.91. The molecule has 0 aromatic carbocycles. The van der Waals surface area contributed by atoms with Gasteiger partial charge in [0.1, 0.15) is 0 Å². The first-order valence-corrected chi connectivity index (χ1v) is 7.51. The zero-order chi connectivity index (χ0) is 11.5.